The molecule has 6 rings (SSSR count). The lowest BCUT2D eigenvalue weighted by Gasteiger charge is -2.41. The van der Waals surface area contributed by atoms with E-state index in [-0.39, 0.29) is 18.0 Å². The third kappa shape index (κ3) is 3.78. The number of halogens is 1. The second kappa shape index (κ2) is 8.26. The topological polar surface area (TPSA) is 65.7 Å². The van der Waals surface area contributed by atoms with Gasteiger partial charge in [-0.15, -0.1) is 0 Å². The van der Waals surface area contributed by atoms with Crippen molar-refractivity contribution in [3.05, 3.63) is 60.4 Å². The van der Waals surface area contributed by atoms with Crippen LogP contribution in [0.3, 0.4) is 0 Å². The number of furan rings is 1. The molecule has 0 aliphatic carbocycles. The van der Waals surface area contributed by atoms with Gasteiger partial charge in [-0.2, -0.15) is 0 Å². The van der Waals surface area contributed by atoms with Crippen LogP contribution >= 0.6 is 0 Å². The van der Waals surface area contributed by atoms with Gasteiger partial charge in [-0.05, 0) is 30.9 Å². The fourth-order valence-electron chi connectivity index (χ4n) is 5.54. The number of anilines is 1. The Morgan fingerprint density at radius 3 is 2.61 bits per heavy atom. The van der Waals surface area contributed by atoms with Gasteiger partial charge in [0.2, 0.25) is 11.9 Å². The molecule has 3 aromatic rings. The van der Waals surface area contributed by atoms with Gasteiger partial charge in [0.15, 0.2) is 5.82 Å². The Bertz CT molecular complexity index is 1190. The van der Waals surface area contributed by atoms with Crippen LogP contribution in [0.15, 0.2) is 53.4 Å². The summed E-state index contributed by atoms with van der Waals surface area (Å²) in [5, 5.41) is 1.13. The number of piperazine rings is 1. The van der Waals surface area contributed by atoms with Crippen molar-refractivity contribution in [3.8, 4) is 0 Å². The first-order chi connectivity index (χ1) is 16.2. The van der Waals surface area contributed by atoms with Gasteiger partial charge in [0.1, 0.15) is 5.58 Å². The highest BCUT2D eigenvalue weighted by Gasteiger charge is 2.41. The minimum absolute atomic E-state index is 0.174. The molecule has 2 atom stereocenters. The van der Waals surface area contributed by atoms with Crippen LogP contribution in [0.1, 0.15) is 24.8 Å². The van der Waals surface area contributed by atoms with Crippen molar-refractivity contribution in [2.45, 2.75) is 31.3 Å². The molecule has 1 aromatic carbocycles. The summed E-state index contributed by atoms with van der Waals surface area (Å²) >= 11 is 0. The minimum atomic E-state index is -0.421. The molecule has 2 unspecified atom stereocenters. The molecule has 2 fully saturated rings. The van der Waals surface area contributed by atoms with Gasteiger partial charge >= 0.3 is 0 Å². The summed E-state index contributed by atoms with van der Waals surface area (Å²) in [7, 11) is 0. The number of benzene rings is 1. The third-order valence-corrected chi connectivity index (χ3v) is 7.14. The van der Waals surface area contributed by atoms with Gasteiger partial charge in [-0.1, -0.05) is 24.3 Å². The molecule has 0 radical (unpaired) electrons. The van der Waals surface area contributed by atoms with Crippen molar-refractivity contribution in [2.24, 2.45) is 0 Å². The number of amides is 1. The molecule has 7 nitrogen and oxygen atoms in total. The Balaban J connectivity index is 1.08. The molecule has 3 aliphatic heterocycles. The van der Waals surface area contributed by atoms with E-state index >= 15 is 0 Å². The monoisotopic (exact) mass is 447 g/mol. The van der Waals surface area contributed by atoms with Gasteiger partial charge in [0.25, 0.3) is 0 Å². The van der Waals surface area contributed by atoms with E-state index < -0.39 is 5.82 Å². The van der Waals surface area contributed by atoms with E-state index in [2.05, 4.69) is 31.9 Å². The van der Waals surface area contributed by atoms with Crippen LogP contribution in [0.4, 0.5) is 10.3 Å². The van der Waals surface area contributed by atoms with E-state index in [0.717, 1.165) is 55.4 Å². The van der Waals surface area contributed by atoms with Crippen LogP contribution in [0.2, 0.25) is 0 Å². The lowest BCUT2D eigenvalue weighted by atomic mass is 9.99. The van der Waals surface area contributed by atoms with Crippen molar-refractivity contribution in [2.75, 3.05) is 37.6 Å². The Labute approximate surface area is 191 Å². The lowest BCUT2D eigenvalue weighted by Crippen LogP contribution is -2.56. The van der Waals surface area contributed by atoms with Crippen LogP contribution in [0.5, 0.6) is 0 Å². The van der Waals surface area contributed by atoms with Crippen molar-refractivity contribution in [1.29, 1.82) is 0 Å². The molecule has 2 aromatic heterocycles. The Morgan fingerprint density at radius 2 is 1.88 bits per heavy atom. The maximum Gasteiger partial charge on any atom is 0.237 e. The smallest absolute Gasteiger partial charge is 0.237 e. The minimum Gasteiger partial charge on any atom is -0.464 e. The number of hydrogen-bond donors (Lipinski definition) is 0. The number of rotatable bonds is 4. The summed E-state index contributed by atoms with van der Waals surface area (Å²) < 4.78 is 18.9. The molecule has 170 valence electrons. The van der Waals surface area contributed by atoms with Crippen molar-refractivity contribution >= 4 is 28.4 Å². The maximum atomic E-state index is 13.2. The van der Waals surface area contributed by atoms with Crippen molar-refractivity contribution < 1.29 is 13.6 Å². The van der Waals surface area contributed by atoms with Gasteiger partial charge in [-0.25, -0.2) is 14.4 Å². The molecule has 5 heterocycles. The lowest BCUT2D eigenvalue weighted by molar-refractivity contribution is -0.132. The molecular formula is C25H26FN5O2. The van der Waals surface area contributed by atoms with Crippen LogP contribution in [-0.2, 0) is 4.79 Å². The maximum absolute atomic E-state index is 13.2. The number of carbonyl (C=O) groups is 1. The van der Waals surface area contributed by atoms with E-state index in [1.54, 1.807) is 0 Å². The van der Waals surface area contributed by atoms with Crippen molar-refractivity contribution in [3.63, 3.8) is 0 Å². The van der Waals surface area contributed by atoms with Crippen LogP contribution < -0.4 is 4.90 Å². The van der Waals surface area contributed by atoms with E-state index in [4.69, 9.17) is 4.42 Å². The third-order valence-electron chi connectivity index (χ3n) is 7.14. The first-order valence-electron chi connectivity index (χ1n) is 11.6. The molecule has 8 heteroatoms. The van der Waals surface area contributed by atoms with E-state index in [1.165, 1.54) is 18.0 Å². The number of para-hydroxylation sites is 1. The molecule has 0 saturated carbocycles. The zero-order chi connectivity index (χ0) is 22.4. The van der Waals surface area contributed by atoms with Crippen LogP contribution in [-0.4, -0.2) is 70.5 Å². The highest BCUT2D eigenvalue weighted by atomic mass is 19.1. The predicted molar refractivity (Wildman–Crippen MR) is 123 cm³/mol. The summed E-state index contributed by atoms with van der Waals surface area (Å²) in [5.74, 6) is 0.346. The second-order valence-electron chi connectivity index (χ2n) is 9.15. The average Bonchev–Trinajstić information content (AvgIpc) is 3.38. The highest BCUT2D eigenvalue weighted by Crippen LogP contribution is 2.33. The normalized spacial score (nSPS) is 23.2. The Kier molecular flexibility index (Phi) is 5.10. The number of fused-ring (bicyclic) bond motifs is 3. The second-order valence-corrected chi connectivity index (χ2v) is 9.15. The Morgan fingerprint density at radius 1 is 1.12 bits per heavy atom. The first-order valence-corrected chi connectivity index (χ1v) is 11.6. The SMILES string of the molecule is O=C(CN1CC2CCC(C1)N2c1ncc(F)cn1)N1CC=C(c2coc3ccccc23)CC1. The summed E-state index contributed by atoms with van der Waals surface area (Å²) in [6, 6.07) is 8.60. The molecule has 0 spiro atoms. The van der Waals surface area contributed by atoms with Crippen LogP contribution in [0.25, 0.3) is 16.5 Å². The summed E-state index contributed by atoms with van der Waals surface area (Å²) in [5.41, 5.74) is 3.27. The van der Waals surface area contributed by atoms with Gasteiger partial charge in [0, 0.05) is 49.2 Å². The number of likely N-dealkylation sites (tertiary alicyclic amines) is 1. The highest BCUT2D eigenvalue weighted by molar-refractivity contribution is 5.91. The fraction of sp³-hybridized carbons (Fsp3) is 0.400. The molecule has 3 aliphatic rings. The fourth-order valence-corrected chi connectivity index (χ4v) is 5.54. The number of hydrogen-bond acceptors (Lipinski definition) is 6. The summed E-state index contributed by atoms with van der Waals surface area (Å²) in [6.45, 7) is 3.39. The van der Waals surface area contributed by atoms with Gasteiger partial charge in [-0.3, -0.25) is 9.69 Å². The quantitative estimate of drug-likeness (QED) is 0.611. The first kappa shape index (κ1) is 20.4. The number of nitrogens with zero attached hydrogens (tertiary/aromatic N) is 5. The Hall–Kier alpha value is -3.26. The number of aromatic nitrogens is 2. The van der Waals surface area contributed by atoms with Gasteiger partial charge in [0.05, 0.1) is 25.2 Å². The number of carbonyl (C=O) groups excluding carboxylic acids is 1. The summed E-state index contributed by atoms with van der Waals surface area (Å²) in [4.78, 5) is 27.8. The standard InChI is InChI=1S/C25H26FN5O2/c26-18-11-27-25(28-12-18)31-19-5-6-20(31)14-29(13-19)15-24(32)30-9-7-17(8-10-30)22-16-33-23-4-2-1-3-21(22)23/h1-4,7,11-12,16,19-20H,5-6,8-10,13-15H2. The van der Waals surface area contributed by atoms with Crippen molar-refractivity contribution in [1.82, 2.24) is 19.8 Å². The van der Waals surface area contributed by atoms with Gasteiger partial charge < -0.3 is 14.2 Å². The van der Waals surface area contributed by atoms with E-state index in [0.29, 0.717) is 19.0 Å². The zero-order valence-electron chi connectivity index (χ0n) is 18.4. The molecule has 1 amide bonds. The zero-order valence-corrected chi connectivity index (χ0v) is 18.4. The van der Waals surface area contributed by atoms with E-state index in [9.17, 15) is 9.18 Å². The molecule has 33 heavy (non-hydrogen) atoms. The molecule has 2 bridgehead atoms. The molecule has 2 saturated heterocycles. The average molecular weight is 448 g/mol. The summed E-state index contributed by atoms with van der Waals surface area (Å²) in [6.07, 6.45) is 9.36. The predicted octanol–water partition coefficient (Wildman–Crippen LogP) is 3.33. The van der Waals surface area contributed by atoms with E-state index in [1.807, 2.05) is 29.4 Å². The molecular weight excluding hydrogens is 421 g/mol. The largest absolute Gasteiger partial charge is 0.464 e. The molecule has 0 N–H and O–H groups in total. The van der Waals surface area contributed by atoms with Crippen LogP contribution in [0, 0.1) is 5.82 Å².